The van der Waals surface area contributed by atoms with Gasteiger partial charge in [0.1, 0.15) is 5.75 Å². The molecule has 1 atom stereocenters. The zero-order valence-corrected chi connectivity index (χ0v) is 16.9. The van der Waals surface area contributed by atoms with E-state index < -0.39 is 6.10 Å². The highest BCUT2D eigenvalue weighted by atomic mass is 16.5. The van der Waals surface area contributed by atoms with Crippen LogP contribution in [-0.2, 0) is 4.79 Å². The van der Waals surface area contributed by atoms with Gasteiger partial charge in [0.2, 0.25) is 0 Å². The average molecular weight is 381 g/mol. The first-order valence-electron chi connectivity index (χ1n) is 9.50. The summed E-state index contributed by atoms with van der Waals surface area (Å²) in [7, 11) is 4.02. The maximum atomic E-state index is 12.7. The molecule has 0 bridgehead atoms. The lowest BCUT2D eigenvalue weighted by atomic mass is 10.1. The van der Waals surface area contributed by atoms with Gasteiger partial charge in [-0.25, -0.2) is 0 Å². The number of hydrogen-bond donors (Lipinski definition) is 1. The number of hydrogen-bond acceptors (Lipinski definition) is 4. The van der Waals surface area contributed by atoms with Crippen LogP contribution in [0.5, 0.6) is 5.75 Å². The fourth-order valence-corrected chi connectivity index (χ4v) is 3.25. The van der Waals surface area contributed by atoms with Crippen LogP contribution < -0.4 is 15.0 Å². The third kappa shape index (κ3) is 4.51. The maximum Gasteiger partial charge on any atom is 0.267 e. The summed E-state index contributed by atoms with van der Waals surface area (Å²) in [5.74, 6) is 0.415. The molecule has 1 aliphatic rings. The van der Waals surface area contributed by atoms with Crippen molar-refractivity contribution in [2.75, 3.05) is 37.4 Å². The van der Waals surface area contributed by atoms with E-state index in [0.717, 1.165) is 18.5 Å². The first-order chi connectivity index (χ1) is 13.3. The number of fused-ring (bicyclic) bond motifs is 1. The Kier molecular flexibility index (Phi) is 5.99. The number of anilines is 2. The molecule has 0 saturated carbocycles. The zero-order valence-electron chi connectivity index (χ0n) is 16.9. The Balaban J connectivity index is 1.82. The summed E-state index contributed by atoms with van der Waals surface area (Å²) in [4.78, 5) is 29.1. The Morgan fingerprint density at radius 2 is 2.00 bits per heavy atom. The van der Waals surface area contributed by atoms with Gasteiger partial charge in [-0.15, -0.1) is 0 Å². The van der Waals surface area contributed by atoms with Crippen LogP contribution >= 0.6 is 0 Å². The molecule has 3 rings (SSSR count). The standard InChI is InChI=1S/C22H27N3O3/c1-15-7-5-8-17(13-15)21(26)23-18-9-10-20-19(14-18)25(12-6-11-24(3)4)22(27)16(2)28-20/h5,7-10,13-14,16H,6,11-12H2,1-4H3,(H,23,26). The molecule has 2 aromatic carbocycles. The van der Waals surface area contributed by atoms with Crippen LogP contribution in [0.15, 0.2) is 42.5 Å². The van der Waals surface area contributed by atoms with E-state index in [4.69, 9.17) is 4.74 Å². The molecule has 28 heavy (non-hydrogen) atoms. The summed E-state index contributed by atoms with van der Waals surface area (Å²) in [6.07, 6.45) is 0.338. The summed E-state index contributed by atoms with van der Waals surface area (Å²) in [5, 5.41) is 2.92. The van der Waals surface area contributed by atoms with Gasteiger partial charge in [-0.2, -0.15) is 0 Å². The molecule has 6 nitrogen and oxygen atoms in total. The number of nitrogens with zero attached hydrogens (tertiary/aromatic N) is 2. The van der Waals surface area contributed by atoms with Crippen molar-refractivity contribution >= 4 is 23.2 Å². The molecule has 1 heterocycles. The van der Waals surface area contributed by atoms with Crippen molar-refractivity contribution in [3.8, 4) is 5.75 Å². The number of rotatable bonds is 6. The number of carbonyl (C=O) groups is 2. The van der Waals surface area contributed by atoms with E-state index in [1.807, 2.05) is 51.4 Å². The molecule has 1 aliphatic heterocycles. The molecule has 0 aromatic heterocycles. The third-order valence-electron chi connectivity index (χ3n) is 4.69. The second-order valence-corrected chi connectivity index (χ2v) is 7.41. The topological polar surface area (TPSA) is 61.9 Å². The van der Waals surface area contributed by atoms with Crippen LogP contribution in [0.2, 0.25) is 0 Å². The van der Waals surface area contributed by atoms with Gasteiger partial charge in [0, 0.05) is 17.8 Å². The molecule has 2 aromatic rings. The maximum absolute atomic E-state index is 12.7. The Labute approximate surface area is 166 Å². The third-order valence-corrected chi connectivity index (χ3v) is 4.69. The van der Waals surface area contributed by atoms with Crippen LogP contribution in [0.3, 0.4) is 0 Å². The van der Waals surface area contributed by atoms with Crippen molar-refractivity contribution in [1.82, 2.24) is 4.90 Å². The highest BCUT2D eigenvalue weighted by Gasteiger charge is 2.31. The number of nitrogens with one attached hydrogen (secondary N) is 1. The largest absolute Gasteiger partial charge is 0.479 e. The number of benzene rings is 2. The zero-order chi connectivity index (χ0) is 20.3. The quantitative estimate of drug-likeness (QED) is 0.834. The summed E-state index contributed by atoms with van der Waals surface area (Å²) in [6, 6.07) is 12.8. The molecular formula is C22H27N3O3. The Morgan fingerprint density at radius 1 is 1.21 bits per heavy atom. The lowest BCUT2D eigenvalue weighted by molar-refractivity contribution is -0.125. The molecule has 0 radical (unpaired) electrons. The minimum Gasteiger partial charge on any atom is -0.479 e. The van der Waals surface area contributed by atoms with Crippen molar-refractivity contribution in [2.45, 2.75) is 26.4 Å². The van der Waals surface area contributed by atoms with Gasteiger partial charge in [0.05, 0.1) is 5.69 Å². The minimum absolute atomic E-state index is 0.0617. The summed E-state index contributed by atoms with van der Waals surface area (Å²) < 4.78 is 5.75. The second kappa shape index (κ2) is 8.44. The predicted molar refractivity (Wildman–Crippen MR) is 111 cm³/mol. The number of amides is 2. The van der Waals surface area contributed by atoms with Crippen LogP contribution in [0.4, 0.5) is 11.4 Å². The molecule has 2 amide bonds. The van der Waals surface area contributed by atoms with Gasteiger partial charge in [0.25, 0.3) is 11.8 Å². The molecule has 148 valence electrons. The van der Waals surface area contributed by atoms with Crippen LogP contribution in [0, 0.1) is 6.92 Å². The lowest BCUT2D eigenvalue weighted by Gasteiger charge is -2.33. The SMILES string of the molecule is Cc1cccc(C(=O)Nc2ccc3c(c2)N(CCCN(C)C)C(=O)C(C)O3)c1. The first kappa shape index (κ1) is 19.9. The van der Waals surface area contributed by atoms with Crippen LogP contribution in [0.25, 0.3) is 0 Å². The number of aryl methyl sites for hydroxylation is 1. The monoisotopic (exact) mass is 381 g/mol. The summed E-state index contributed by atoms with van der Waals surface area (Å²) in [6.45, 7) is 5.20. The van der Waals surface area contributed by atoms with Gasteiger partial charge in [0.15, 0.2) is 6.10 Å². The molecule has 1 unspecified atom stereocenters. The van der Waals surface area contributed by atoms with Crippen LogP contribution in [-0.4, -0.2) is 50.0 Å². The molecule has 1 N–H and O–H groups in total. The van der Waals surface area contributed by atoms with Gasteiger partial charge in [-0.05, 0) is 71.2 Å². The summed E-state index contributed by atoms with van der Waals surface area (Å²) >= 11 is 0. The lowest BCUT2D eigenvalue weighted by Crippen LogP contribution is -2.45. The Bertz CT molecular complexity index is 879. The van der Waals surface area contributed by atoms with E-state index in [9.17, 15) is 9.59 Å². The van der Waals surface area contributed by atoms with Crippen LogP contribution in [0.1, 0.15) is 29.3 Å². The van der Waals surface area contributed by atoms with Crippen molar-refractivity contribution < 1.29 is 14.3 Å². The normalized spacial score (nSPS) is 16.0. The van der Waals surface area contributed by atoms with E-state index in [-0.39, 0.29) is 11.8 Å². The molecule has 6 heteroatoms. The smallest absolute Gasteiger partial charge is 0.267 e. The van der Waals surface area contributed by atoms with E-state index >= 15 is 0 Å². The van der Waals surface area contributed by atoms with Crippen molar-refractivity contribution in [1.29, 1.82) is 0 Å². The number of ether oxygens (including phenoxy) is 1. The summed E-state index contributed by atoms with van der Waals surface area (Å²) in [5.41, 5.74) is 2.96. The fraction of sp³-hybridized carbons (Fsp3) is 0.364. The molecule has 0 fully saturated rings. The first-order valence-corrected chi connectivity index (χ1v) is 9.50. The van der Waals surface area contributed by atoms with E-state index in [0.29, 0.717) is 29.2 Å². The molecule has 0 spiro atoms. The van der Waals surface area contributed by atoms with Crippen molar-refractivity contribution in [3.05, 3.63) is 53.6 Å². The predicted octanol–water partition coefficient (Wildman–Crippen LogP) is 3.31. The van der Waals surface area contributed by atoms with Gasteiger partial charge in [-0.1, -0.05) is 17.7 Å². The minimum atomic E-state index is -0.514. The number of carbonyl (C=O) groups excluding carboxylic acids is 2. The Hall–Kier alpha value is -2.86. The van der Waals surface area contributed by atoms with E-state index in [1.54, 1.807) is 24.0 Å². The fourth-order valence-electron chi connectivity index (χ4n) is 3.25. The van der Waals surface area contributed by atoms with Crippen molar-refractivity contribution in [2.24, 2.45) is 0 Å². The molecule has 0 saturated heterocycles. The van der Waals surface area contributed by atoms with Gasteiger partial charge < -0.3 is 19.9 Å². The average Bonchev–Trinajstić information content (AvgIpc) is 2.65. The second-order valence-electron chi connectivity index (χ2n) is 7.41. The highest BCUT2D eigenvalue weighted by molar-refractivity contribution is 6.05. The van der Waals surface area contributed by atoms with E-state index in [1.165, 1.54) is 0 Å². The highest BCUT2D eigenvalue weighted by Crippen LogP contribution is 2.36. The van der Waals surface area contributed by atoms with E-state index in [2.05, 4.69) is 10.2 Å². The van der Waals surface area contributed by atoms with Gasteiger partial charge in [-0.3, -0.25) is 9.59 Å². The van der Waals surface area contributed by atoms with Crippen molar-refractivity contribution in [3.63, 3.8) is 0 Å². The van der Waals surface area contributed by atoms with Gasteiger partial charge >= 0.3 is 0 Å². The molecular weight excluding hydrogens is 354 g/mol. The Morgan fingerprint density at radius 3 is 2.71 bits per heavy atom. The molecule has 0 aliphatic carbocycles.